The monoisotopic (exact) mass is 457 g/mol. The molecule has 27 heavy (non-hydrogen) atoms. The highest BCUT2D eigenvalue weighted by molar-refractivity contribution is 9.10. The first kappa shape index (κ1) is 20.1. The molecular weight excluding hydrogens is 438 g/mol. The van der Waals surface area contributed by atoms with Crippen molar-refractivity contribution in [3.05, 3.63) is 27.2 Å². The van der Waals surface area contributed by atoms with Gasteiger partial charge in [-0.3, -0.25) is 9.59 Å². The topological polar surface area (TPSA) is 72.9 Å². The minimum Gasteiger partial charge on any atom is -0.481 e. The van der Waals surface area contributed by atoms with Crippen LogP contribution in [-0.4, -0.2) is 47.4 Å². The van der Waals surface area contributed by atoms with Gasteiger partial charge in [-0.25, -0.2) is 4.79 Å². The van der Waals surface area contributed by atoms with Crippen molar-refractivity contribution in [2.45, 2.75) is 45.3 Å². The van der Waals surface area contributed by atoms with Gasteiger partial charge in [0, 0.05) is 23.6 Å². The van der Waals surface area contributed by atoms with Crippen LogP contribution in [0.4, 0.5) is 4.79 Å². The smallest absolute Gasteiger partial charge is 0.410 e. The van der Waals surface area contributed by atoms with Crippen LogP contribution in [0.1, 0.15) is 32.8 Å². The zero-order valence-electron chi connectivity index (χ0n) is 15.4. The lowest BCUT2D eigenvalue weighted by Gasteiger charge is -2.32. The van der Waals surface area contributed by atoms with Crippen molar-refractivity contribution in [1.82, 2.24) is 4.90 Å². The summed E-state index contributed by atoms with van der Waals surface area (Å²) in [5.74, 6) is -0.703. The number of carbonyl (C=O) groups excluding carboxylic acids is 3. The molecule has 0 N–H and O–H groups in total. The van der Waals surface area contributed by atoms with Crippen molar-refractivity contribution < 1.29 is 23.9 Å². The number of likely N-dealkylation sites (tertiary alicyclic amines) is 1. The van der Waals surface area contributed by atoms with Gasteiger partial charge in [-0.05, 0) is 55.3 Å². The molecule has 0 saturated carbocycles. The lowest BCUT2D eigenvalue weighted by Crippen LogP contribution is -2.50. The molecule has 0 radical (unpaired) electrons. The number of piperidine rings is 1. The fourth-order valence-corrected chi connectivity index (χ4v) is 4.24. The third-order valence-electron chi connectivity index (χ3n) is 4.49. The average Bonchev–Trinajstić information content (AvgIpc) is 2.96. The van der Waals surface area contributed by atoms with E-state index in [9.17, 15) is 14.4 Å². The Kier molecular flexibility index (Phi) is 5.54. The van der Waals surface area contributed by atoms with Gasteiger partial charge in [0.25, 0.3) is 0 Å². The SMILES string of the molecule is CC(C)(C)OC(=O)N1CCC(C(=O)C2Cc3cc(Cl)cc(Br)c3O2)C(=O)C1. The highest BCUT2D eigenvalue weighted by Crippen LogP contribution is 2.39. The minimum atomic E-state index is -0.766. The van der Waals surface area contributed by atoms with Crippen molar-refractivity contribution in [1.29, 1.82) is 0 Å². The molecule has 0 spiro atoms. The molecule has 1 fully saturated rings. The molecule has 146 valence electrons. The second-order valence-electron chi connectivity index (χ2n) is 7.80. The Morgan fingerprint density at radius 3 is 2.67 bits per heavy atom. The summed E-state index contributed by atoms with van der Waals surface area (Å²) in [6.45, 7) is 5.47. The van der Waals surface area contributed by atoms with Crippen LogP contribution < -0.4 is 4.74 Å². The van der Waals surface area contributed by atoms with Gasteiger partial charge in [0.15, 0.2) is 17.7 Å². The summed E-state index contributed by atoms with van der Waals surface area (Å²) in [7, 11) is 0. The van der Waals surface area contributed by atoms with Crippen molar-refractivity contribution in [3.8, 4) is 5.75 Å². The Bertz CT molecular complexity index is 804. The number of Topliss-reactive ketones (excluding diaryl/α,β-unsaturated/α-hetero) is 2. The molecule has 2 aliphatic rings. The van der Waals surface area contributed by atoms with E-state index < -0.39 is 23.7 Å². The second-order valence-corrected chi connectivity index (χ2v) is 9.09. The van der Waals surface area contributed by atoms with Gasteiger partial charge in [0.1, 0.15) is 11.4 Å². The number of rotatable bonds is 2. The average molecular weight is 459 g/mol. The lowest BCUT2D eigenvalue weighted by molar-refractivity contribution is -0.139. The number of ketones is 2. The Morgan fingerprint density at radius 2 is 2.04 bits per heavy atom. The van der Waals surface area contributed by atoms with Crippen LogP contribution in [-0.2, 0) is 20.7 Å². The van der Waals surface area contributed by atoms with Crippen LogP contribution in [0.3, 0.4) is 0 Å². The predicted molar refractivity (Wildman–Crippen MR) is 103 cm³/mol. The molecule has 0 bridgehead atoms. The van der Waals surface area contributed by atoms with E-state index in [2.05, 4.69) is 15.9 Å². The van der Waals surface area contributed by atoms with Crippen molar-refractivity contribution in [3.63, 3.8) is 0 Å². The molecular formula is C19H21BrClNO5. The van der Waals surface area contributed by atoms with Gasteiger partial charge in [0.05, 0.1) is 16.9 Å². The number of halogens is 2. The maximum absolute atomic E-state index is 12.9. The van der Waals surface area contributed by atoms with E-state index in [1.807, 2.05) is 0 Å². The summed E-state index contributed by atoms with van der Waals surface area (Å²) in [5.41, 5.74) is 0.205. The molecule has 1 aromatic rings. The summed E-state index contributed by atoms with van der Waals surface area (Å²) in [4.78, 5) is 38.8. The van der Waals surface area contributed by atoms with Crippen LogP contribution in [0.15, 0.2) is 16.6 Å². The van der Waals surface area contributed by atoms with Gasteiger partial charge in [-0.15, -0.1) is 0 Å². The molecule has 3 rings (SSSR count). The number of carbonyl (C=O) groups is 3. The normalized spacial score (nSPS) is 22.3. The third-order valence-corrected chi connectivity index (χ3v) is 5.29. The van der Waals surface area contributed by atoms with E-state index in [-0.39, 0.29) is 24.5 Å². The van der Waals surface area contributed by atoms with E-state index in [1.54, 1.807) is 32.9 Å². The molecule has 1 aromatic carbocycles. The Labute approximate surface area is 171 Å². The second kappa shape index (κ2) is 7.43. The number of hydrogen-bond acceptors (Lipinski definition) is 5. The molecule has 2 atom stereocenters. The van der Waals surface area contributed by atoms with Crippen molar-refractivity contribution >= 4 is 45.2 Å². The van der Waals surface area contributed by atoms with Crippen LogP contribution in [0.25, 0.3) is 0 Å². The number of fused-ring (bicyclic) bond motifs is 1. The molecule has 1 amide bonds. The molecule has 1 saturated heterocycles. The predicted octanol–water partition coefficient (Wildman–Crippen LogP) is 3.80. The highest BCUT2D eigenvalue weighted by atomic mass is 79.9. The molecule has 0 aromatic heterocycles. The maximum atomic E-state index is 12.9. The summed E-state index contributed by atoms with van der Waals surface area (Å²) in [5, 5.41) is 0.555. The van der Waals surface area contributed by atoms with Crippen molar-refractivity contribution in [2.24, 2.45) is 5.92 Å². The molecule has 6 nitrogen and oxygen atoms in total. The standard InChI is InChI=1S/C19H21BrClNO5/c1-19(2,3)27-18(25)22-5-4-12(14(23)9-22)16(24)15-7-10-6-11(21)8-13(20)17(10)26-15/h6,8,12,15H,4-5,7,9H2,1-3H3. The summed E-state index contributed by atoms with van der Waals surface area (Å²) in [6, 6.07) is 3.47. The van der Waals surface area contributed by atoms with Gasteiger partial charge in [0.2, 0.25) is 0 Å². The minimum absolute atomic E-state index is 0.124. The zero-order chi connectivity index (χ0) is 19.9. The molecule has 2 heterocycles. The van der Waals surface area contributed by atoms with E-state index >= 15 is 0 Å². The number of hydrogen-bond donors (Lipinski definition) is 0. The van der Waals surface area contributed by atoms with Gasteiger partial charge in [-0.2, -0.15) is 0 Å². The first-order valence-electron chi connectivity index (χ1n) is 8.74. The lowest BCUT2D eigenvalue weighted by atomic mass is 9.87. The van der Waals surface area contributed by atoms with Gasteiger partial charge in [-0.1, -0.05) is 11.6 Å². The van der Waals surface area contributed by atoms with Crippen LogP contribution in [0.2, 0.25) is 5.02 Å². The van der Waals surface area contributed by atoms with Crippen LogP contribution in [0, 0.1) is 5.92 Å². The summed E-state index contributed by atoms with van der Waals surface area (Å²) < 4.78 is 11.8. The van der Waals surface area contributed by atoms with E-state index in [4.69, 9.17) is 21.1 Å². The molecule has 0 aliphatic carbocycles. The first-order valence-corrected chi connectivity index (χ1v) is 9.91. The highest BCUT2D eigenvalue weighted by Gasteiger charge is 2.41. The van der Waals surface area contributed by atoms with Gasteiger partial charge >= 0.3 is 6.09 Å². The largest absolute Gasteiger partial charge is 0.481 e. The van der Waals surface area contributed by atoms with E-state index in [0.717, 1.165) is 5.56 Å². The van der Waals surface area contributed by atoms with Crippen LogP contribution in [0.5, 0.6) is 5.75 Å². The molecule has 2 aliphatic heterocycles. The first-order chi connectivity index (χ1) is 12.5. The Balaban J connectivity index is 1.64. The number of nitrogens with zero attached hydrogens (tertiary/aromatic N) is 1. The maximum Gasteiger partial charge on any atom is 0.410 e. The Morgan fingerprint density at radius 1 is 1.33 bits per heavy atom. The molecule has 2 unspecified atom stereocenters. The summed E-state index contributed by atoms with van der Waals surface area (Å²) in [6.07, 6.45) is -0.594. The molecule has 8 heteroatoms. The van der Waals surface area contributed by atoms with Gasteiger partial charge < -0.3 is 14.4 Å². The third kappa shape index (κ3) is 4.46. The quantitative estimate of drug-likeness (QED) is 0.630. The van der Waals surface area contributed by atoms with Crippen molar-refractivity contribution in [2.75, 3.05) is 13.1 Å². The number of amides is 1. The Hall–Kier alpha value is -1.60. The number of ether oxygens (including phenoxy) is 2. The fourth-order valence-electron chi connectivity index (χ4n) is 3.27. The zero-order valence-corrected chi connectivity index (χ0v) is 17.7. The fraction of sp³-hybridized carbons (Fsp3) is 0.526. The van der Waals surface area contributed by atoms with E-state index in [0.29, 0.717) is 28.2 Å². The van der Waals surface area contributed by atoms with Crippen LogP contribution >= 0.6 is 27.5 Å². The summed E-state index contributed by atoms with van der Waals surface area (Å²) >= 11 is 9.43. The van der Waals surface area contributed by atoms with E-state index in [1.165, 1.54) is 4.90 Å². The number of benzene rings is 1.